The third-order valence-corrected chi connectivity index (χ3v) is 6.55. The minimum Gasteiger partial charge on any atom is -0.466 e. The van der Waals surface area contributed by atoms with Crippen LogP contribution in [0.3, 0.4) is 0 Å². The zero-order chi connectivity index (χ0) is 24.6. The van der Waals surface area contributed by atoms with E-state index >= 15 is 0 Å². The minimum absolute atomic E-state index is 0.0349. The van der Waals surface area contributed by atoms with Gasteiger partial charge in [-0.1, -0.05) is 54.1 Å². The van der Waals surface area contributed by atoms with Gasteiger partial charge in [-0.2, -0.15) is 0 Å². The summed E-state index contributed by atoms with van der Waals surface area (Å²) in [7, 11) is 0. The molecule has 0 aliphatic heterocycles. The topological polar surface area (TPSA) is 106 Å². The smallest absolute Gasteiger partial charge is 0.315 e. The number of hydrogen-bond acceptors (Lipinski definition) is 6. The second kappa shape index (κ2) is 11.8. The van der Waals surface area contributed by atoms with Crippen LogP contribution in [0.2, 0.25) is 5.02 Å². The van der Waals surface area contributed by atoms with Gasteiger partial charge >= 0.3 is 12.0 Å². The van der Waals surface area contributed by atoms with Gasteiger partial charge in [0.05, 0.1) is 23.1 Å². The summed E-state index contributed by atoms with van der Waals surface area (Å²) in [4.78, 5) is 24.8. The van der Waals surface area contributed by atoms with Gasteiger partial charge in [-0.3, -0.25) is 4.79 Å². The Morgan fingerprint density at radius 1 is 1.06 bits per heavy atom. The molecule has 4 rings (SSSR count). The molecular formula is C26H29ClN4O4. The van der Waals surface area contributed by atoms with Crippen LogP contribution in [-0.2, 0) is 9.53 Å². The van der Waals surface area contributed by atoms with E-state index in [1.165, 1.54) is 0 Å². The van der Waals surface area contributed by atoms with Gasteiger partial charge in [0.25, 0.3) is 0 Å². The Labute approximate surface area is 209 Å². The summed E-state index contributed by atoms with van der Waals surface area (Å²) in [6, 6.07) is 15.7. The molecule has 1 atom stereocenters. The van der Waals surface area contributed by atoms with Gasteiger partial charge in [-0.05, 0) is 56.2 Å². The number of carbonyl (C=O) groups excluding carboxylic acids is 2. The Bertz CT molecular complexity index is 1130. The third-order valence-electron chi connectivity index (χ3n) is 6.22. The molecule has 1 aromatic heterocycles. The van der Waals surface area contributed by atoms with Crippen LogP contribution < -0.4 is 10.6 Å². The lowest BCUT2D eigenvalue weighted by molar-refractivity contribution is -0.149. The molecule has 2 N–H and O–H groups in total. The minimum atomic E-state index is -0.625. The fraction of sp³-hybridized carbons (Fsp3) is 0.385. The van der Waals surface area contributed by atoms with Crippen LogP contribution in [0, 0.1) is 11.8 Å². The molecule has 2 amide bonds. The Kier molecular flexibility index (Phi) is 8.36. The summed E-state index contributed by atoms with van der Waals surface area (Å²) >= 11 is 6.27. The summed E-state index contributed by atoms with van der Waals surface area (Å²) in [5.41, 5.74) is 1.44. The molecule has 0 radical (unpaired) electrons. The van der Waals surface area contributed by atoms with Gasteiger partial charge in [0.1, 0.15) is 6.04 Å². The summed E-state index contributed by atoms with van der Waals surface area (Å²) in [6.45, 7) is 2.75. The van der Waals surface area contributed by atoms with Crippen LogP contribution in [0.15, 0.2) is 59.0 Å². The number of halogens is 1. The van der Waals surface area contributed by atoms with Crippen molar-refractivity contribution in [3.8, 4) is 11.5 Å². The maximum atomic E-state index is 12.8. The number of amides is 2. The molecule has 1 aliphatic carbocycles. The van der Waals surface area contributed by atoms with Crippen molar-refractivity contribution in [2.24, 2.45) is 11.8 Å². The highest BCUT2D eigenvalue weighted by atomic mass is 35.5. The van der Waals surface area contributed by atoms with E-state index in [-0.39, 0.29) is 29.7 Å². The van der Waals surface area contributed by atoms with Crippen molar-refractivity contribution in [3.63, 3.8) is 0 Å². The molecule has 0 saturated heterocycles. The Hall–Kier alpha value is -3.39. The van der Waals surface area contributed by atoms with E-state index in [1.807, 2.05) is 49.4 Å². The van der Waals surface area contributed by atoms with Crippen LogP contribution in [-0.4, -0.2) is 35.3 Å². The summed E-state index contributed by atoms with van der Waals surface area (Å²) < 4.78 is 11.1. The second-order valence-corrected chi connectivity index (χ2v) is 9.00. The van der Waals surface area contributed by atoms with E-state index in [0.717, 1.165) is 31.2 Å². The van der Waals surface area contributed by atoms with E-state index in [4.69, 9.17) is 20.8 Å². The summed E-state index contributed by atoms with van der Waals surface area (Å²) in [5.74, 6) is 0.713. The van der Waals surface area contributed by atoms with Gasteiger partial charge in [0.2, 0.25) is 11.8 Å². The van der Waals surface area contributed by atoms with E-state index in [2.05, 4.69) is 20.8 Å². The van der Waals surface area contributed by atoms with E-state index < -0.39 is 6.04 Å². The van der Waals surface area contributed by atoms with Crippen molar-refractivity contribution < 1.29 is 18.7 Å². The van der Waals surface area contributed by atoms with Crippen LogP contribution >= 0.6 is 11.6 Å². The lowest BCUT2D eigenvalue weighted by Crippen LogP contribution is -2.41. The van der Waals surface area contributed by atoms with Gasteiger partial charge < -0.3 is 19.8 Å². The van der Waals surface area contributed by atoms with Crippen LogP contribution in [0.1, 0.15) is 50.1 Å². The second-order valence-electron chi connectivity index (χ2n) is 8.59. The van der Waals surface area contributed by atoms with Crippen molar-refractivity contribution in [1.82, 2.24) is 20.8 Å². The number of hydrogen-bond donors (Lipinski definition) is 2. The quantitative estimate of drug-likeness (QED) is 0.418. The molecule has 2 aromatic carbocycles. The fourth-order valence-corrected chi connectivity index (χ4v) is 4.53. The lowest BCUT2D eigenvalue weighted by Gasteiger charge is -2.27. The largest absolute Gasteiger partial charge is 0.466 e. The zero-order valence-corrected chi connectivity index (χ0v) is 20.3. The predicted molar refractivity (Wildman–Crippen MR) is 132 cm³/mol. The zero-order valence-electron chi connectivity index (χ0n) is 19.6. The fourth-order valence-electron chi connectivity index (χ4n) is 4.31. The van der Waals surface area contributed by atoms with E-state index in [0.29, 0.717) is 29.7 Å². The first-order valence-electron chi connectivity index (χ1n) is 11.9. The van der Waals surface area contributed by atoms with Crippen molar-refractivity contribution >= 4 is 23.6 Å². The lowest BCUT2D eigenvalue weighted by atomic mass is 9.82. The molecule has 35 heavy (non-hydrogen) atoms. The average Bonchev–Trinajstić information content (AvgIpc) is 3.37. The maximum Gasteiger partial charge on any atom is 0.315 e. The number of carbonyl (C=O) groups is 2. The number of rotatable bonds is 8. The first-order valence-corrected chi connectivity index (χ1v) is 12.3. The number of aromatic nitrogens is 2. The van der Waals surface area contributed by atoms with E-state index in [1.54, 1.807) is 12.1 Å². The normalized spacial score (nSPS) is 18.5. The van der Waals surface area contributed by atoms with Crippen LogP contribution in [0.4, 0.5) is 4.79 Å². The Balaban J connectivity index is 1.39. The van der Waals surface area contributed by atoms with Gasteiger partial charge in [-0.15, -0.1) is 10.2 Å². The SMILES string of the molecule is CCOC(=O)C1CCC(CNC(=O)N[C@@H](c2ccccc2)c2nnc(-c3ccccc3Cl)o2)CC1. The molecule has 0 spiro atoms. The monoisotopic (exact) mass is 496 g/mol. The first kappa shape index (κ1) is 24.7. The molecule has 184 valence electrons. The van der Waals surface area contributed by atoms with Gasteiger partial charge in [-0.25, -0.2) is 4.79 Å². The highest BCUT2D eigenvalue weighted by Gasteiger charge is 2.28. The average molecular weight is 497 g/mol. The number of ether oxygens (including phenoxy) is 1. The maximum absolute atomic E-state index is 12.8. The van der Waals surface area contributed by atoms with Crippen molar-refractivity contribution in [1.29, 1.82) is 0 Å². The molecule has 0 unspecified atom stereocenters. The molecule has 1 aliphatic rings. The number of urea groups is 1. The number of nitrogens with zero attached hydrogens (tertiary/aromatic N) is 2. The Morgan fingerprint density at radius 2 is 1.77 bits per heavy atom. The summed E-state index contributed by atoms with van der Waals surface area (Å²) in [5, 5.41) is 14.8. The molecule has 3 aromatic rings. The molecular weight excluding hydrogens is 468 g/mol. The Morgan fingerprint density at radius 3 is 2.49 bits per heavy atom. The third kappa shape index (κ3) is 6.39. The number of benzene rings is 2. The molecule has 1 saturated carbocycles. The van der Waals surface area contributed by atoms with E-state index in [9.17, 15) is 9.59 Å². The molecule has 9 heteroatoms. The number of nitrogens with one attached hydrogen (secondary N) is 2. The molecule has 1 heterocycles. The first-order chi connectivity index (χ1) is 17.0. The van der Waals surface area contributed by atoms with Crippen molar-refractivity contribution in [2.75, 3.05) is 13.2 Å². The highest BCUT2D eigenvalue weighted by molar-refractivity contribution is 6.33. The predicted octanol–water partition coefficient (Wildman–Crippen LogP) is 5.15. The van der Waals surface area contributed by atoms with Crippen molar-refractivity contribution in [3.05, 3.63) is 71.1 Å². The summed E-state index contributed by atoms with van der Waals surface area (Å²) in [6.07, 6.45) is 3.31. The van der Waals surface area contributed by atoms with Gasteiger partial charge in [0.15, 0.2) is 0 Å². The molecule has 0 bridgehead atoms. The molecule has 8 nitrogen and oxygen atoms in total. The highest BCUT2D eigenvalue weighted by Crippen LogP contribution is 2.30. The van der Waals surface area contributed by atoms with Crippen LogP contribution in [0.5, 0.6) is 0 Å². The van der Waals surface area contributed by atoms with Gasteiger partial charge in [0, 0.05) is 6.54 Å². The standard InChI is InChI=1S/C26H29ClN4O4/c1-2-34-25(32)19-14-12-17(13-15-19)16-28-26(33)29-22(18-8-4-3-5-9-18)24-31-30-23(35-24)20-10-6-7-11-21(20)27/h3-11,17,19,22H,2,12-16H2,1H3,(H2,28,29,33)/t17?,19?,22-/m0/s1. The van der Waals surface area contributed by atoms with Crippen LogP contribution in [0.25, 0.3) is 11.5 Å². The number of esters is 1. The molecule has 1 fully saturated rings. The van der Waals surface area contributed by atoms with Crippen molar-refractivity contribution in [2.45, 2.75) is 38.6 Å².